The number of anilines is 6. The zero-order valence-corrected chi connectivity index (χ0v) is 55.1. The number of ether oxygens (including phenoxy) is 4. The van der Waals surface area contributed by atoms with Crippen LogP contribution in [0.4, 0.5) is 289 Å². The monoisotopic (exact) mass is 1940 g/mol. The van der Waals surface area contributed by atoms with Crippen LogP contribution in [0.5, 0.6) is 24.0 Å². The first kappa shape index (κ1) is 101. The van der Waals surface area contributed by atoms with Gasteiger partial charge >= 0.3 is 180 Å². The minimum absolute atomic E-state index is 0.0253. The van der Waals surface area contributed by atoms with E-state index in [1.807, 2.05) is 0 Å². The minimum atomic E-state index is -9.31. The molecule has 12 nitrogen and oxygen atoms in total. The predicted molar refractivity (Wildman–Crippen MR) is 275 cm³/mol. The summed E-state index contributed by atoms with van der Waals surface area (Å²) in [6.45, 7) is 0. The van der Waals surface area contributed by atoms with Gasteiger partial charge in [0.1, 0.15) is 0 Å². The van der Waals surface area contributed by atoms with Crippen LogP contribution in [0.25, 0.3) is 21.9 Å². The molecule has 0 aliphatic carbocycles. The standard InChI is InChI=1S/C54H12F58N8O4/c55-29(56,57)14-10-13(11-15(12-14)30(58,59)60)16-8-9-21-22-17(16)4-3-7-20(22)119(23-113-25(121-51(105,106)43(85,86)35(69,70)31(61,62)39(77,78)47(93,94)95)117-26(114-23)122-52(107,108)44(87,88)36(71,72)32(63,64)40(79,80)48(96,97)98)18-5-1-2-6-19(18)120(21)24-115-27(123-53(109,110)45(89,90)37(73,74)33(65,66)41(81,82)49(99,100)101)118-28(116-24)124-54(111,112)46(91,92)38(75,76)34(67,68)42(83,84)50(102,103)104/h1-12H. The van der Waals surface area contributed by atoms with Crippen LogP contribution < -0.4 is 28.7 Å². The van der Waals surface area contributed by atoms with Crippen LogP contribution in [0.2, 0.25) is 0 Å². The molecule has 698 valence electrons. The van der Waals surface area contributed by atoms with Crippen molar-refractivity contribution >= 4 is 45.4 Å². The Hall–Kier alpha value is -10.1. The molecule has 0 fully saturated rings. The van der Waals surface area contributed by atoms with Crippen molar-refractivity contribution in [2.75, 3.05) is 9.80 Å². The van der Waals surface area contributed by atoms with Crippen molar-refractivity contribution in [3.8, 4) is 35.2 Å². The van der Waals surface area contributed by atoms with E-state index < -0.39 is 282 Å². The largest absolute Gasteiger partial charge is 0.473 e. The van der Waals surface area contributed by atoms with Crippen molar-refractivity contribution < 1.29 is 274 Å². The van der Waals surface area contributed by atoms with Crippen molar-refractivity contribution in [3.05, 3.63) is 83.9 Å². The molecule has 0 bridgehead atoms. The summed E-state index contributed by atoms with van der Waals surface area (Å²) in [5, 5.41) is -3.93. The third-order valence-corrected chi connectivity index (χ3v) is 15.8. The molecule has 7 rings (SSSR count). The Labute approximate surface area is 634 Å². The van der Waals surface area contributed by atoms with Gasteiger partial charge in [0.05, 0.1) is 33.9 Å². The van der Waals surface area contributed by atoms with Crippen LogP contribution in [-0.2, 0) is 12.4 Å². The highest BCUT2D eigenvalue weighted by Gasteiger charge is 2.96. The maximum absolute atomic E-state index is 15.7. The first-order valence-electron chi connectivity index (χ1n) is 29.1. The van der Waals surface area contributed by atoms with Gasteiger partial charge in [0.2, 0.25) is 11.9 Å². The number of fused-ring (bicyclic) bond motifs is 1. The number of hydrogen-bond donors (Lipinski definition) is 0. The van der Waals surface area contributed by atoms with Gasteiger partial charge in [-0.25, -0.2) is 0 Å². The fourth-order valence-corrected chi connectivity index (χ4v) is 9.41. The van der Waals surface area contributed by atoms with E-state index in [9.17, 15) is 184 Å². The van der Waals surface area contributed by atoms with Gasteiger partial charge in [0.15, 0.2) is 0 Å². The molecule has 0 unspecified atom stereocenters. The summed E-state index contributed by atoms with van der Waals surface area (Å²) in [7, 11) is 0. The highest BCUT2D eigenvalue weighted by molar-refractivity contribution is 6.16. The molecule has 1 aliphatic rings. The molecule has 3 heterocycles. The van der Waals surface area contributed by atoms with Crippen molar-refractivity contribution in [1.82, 2.24) is 29.9 Å². The van der Waals surface area contributed by atoms with E-state index in [1.54, 1.807) is 9.97 Å². The summed E-state index contributed by atoms with van der Waals surface area (Å²) >= 11 is 0. The zero-order valence-electron chi connectivity index (χ0n) is 55.1. The quantitative estimate of drug-likeness (QED) is 0.0456. The van der Waals surface area contributed by atoms with Crippen molar-refractivity contribution in [2.24, 2.45) is 0 Å². The van der Waals surface area contributed by atoms with E-state index in [2.05, 4.69) is 38.9 Å². The number of hydrogen-bond acceptors (Lipinski definition) is 12. The maximum atomic E-state index is 15.7. The second-order valence-corrected chi connectivity index (χ2v) is 23.8. The molecule has 0 saturated heterocycles. The number of alkyl halides is 58. The molecular weight excluding hydrogens is 1930 g/mol. The van der Waals surface area contributed by atoms with Crippen LogP contribution in [-0.4, -0.2) is 174 Å². The highest BCUT2D eigenvalue weighted by Crippen LogP contribution is 2.67. The van der Waals surface area contributed by atoms with Crippen LogP contribution >= 0.6 is 0 Å². The van der Waals surface area contributed by atoms with E-state index >= 15 is 70.2 Å². The first-order chi connectivity index (χ1) is 54.4. The number of aromatic nitrogens is 6. The molecule has 4 aromatic carbocycles. The van der Waals surface area contributed by atoms with Gasteiger partial charge in [-0.15, -0.1) is 9.97 Å². The highest BCUT2D eigenvalue weighted by atomic mass is 19.5. The lowest BCUT2D eigenvalue weighted by atomic mass is 9.93. The lowest BCUT2D eigenvalue weighted by Gasteiger charge is -2.39. The van der Waals surface area contributed by atoms with Crippen molar-refractivity contribution in [1.29, 1.82) is 0 Å². The second kappa shape index (κ2) is 28.7. The summed E-state index contributed by atoms with van der Waals surface area (Å²) < 4.78 is 848. The maximum Gasteiger partial charge on any atom is 0.473 e. The van der Waals surface area contributed by atoms with Crippen molar-refractivity contribution in [2.45, 2.75) is 156 Å². The SMILES string of the molecule is FC(F)(F)c1cc(-c2ccc3c4c(cccc24)N(c2nc(OC(F)(F)C(F)(F)C(F)(F)C(F)(F)C(F)(F)C(F)(F)F)nc(OC(F)(F)C(F)(F)C(F)(F)C(F)(F)C(F)(F)C(F)(F)F)n2)c2ccccc2N3c2nc(OC(F)(F)C(F)(F)C(F)(F)C(F)(F)C(F)(F)C(F)(F)F)nc(OC(F)(F)C(F)(F)C(F)(F)C(F)(F)C(F)(F)C(F)(F)F)n2)cc(C(F)(F)F)c1. The molecule has 0 atom stereocenters. The zero-order chi connectivity index (χ0) is 96.9. The number of benzene rings is 4. The van der Waals surface area contributed by atoms with E-state index in [-0.39, 0.29) is 48.5 Å². The Morgan fingerprint density at radius 1 is 0.210 bits per heavy atom. The average Bonchev–Trinajstić information content (AvgIpc) is 0.860. The van der Waals surface area contributed by atoms with Gasteiger partial charge < -0.3 is 18.9 Å². The summed E-state index contributed by atoms with van der Waals surface area (Å²) in [5.41, 5.74) is -17.7. The molecule has 1 aliphatic heterocycles. The first-order valence-corrected chi connectivity index (χ1v) is 29.1. The Kier molecular flexibility index (Phi) is 23.4. The normalized spacial score (nSPS) is 15.8. The van der Waals surface area contributed by atoms with Gasteiger partial charge in [-0.1, -0.05) is 30.3 Å². The fraction of sp³-hybridized carbons (Fsp3) is 0.481. The Morgan fingerprint density at radius 3 is 0.653 bits per heavy atom. The van der Waals surface area contributed by atoms with Crippen LogP contribution in [0.1, 0.15) is 11.1 Å². The number of nitrogens with zero attached hydrogens (tertiary/aromatic N) is 8. The summed E-state index contributed by atoms with van der Waals surface area (Å²) in [5.74, 6) is -153. The molecule has 0 saturated carbocycles. The predicted octanol–water partition coefficient (Wildman–Crippen LogP) is 24.5. The lowest BCUT2D eigenvalue weighted by molar-refractivity contribution is -0.457. The number of para-hydroxylation sites is 2. The van der Waals surface area contributed by atoms with E-state index in [4.69, 9.17) is 0 Å². The summed E-state index contributed by atoms with van der Waals surface area (Å²) in [6, 6.07) is -20.2. The van der Waals surface area contributed by atoms with E-state index in [0.717, 1.165) is 0 Å². The summed E-state index contributed by atoms with van der Waals surface area (Å²) in [4.78, 5) is 10.1. The smallest absolute Gasteiger partial charge is 0.393 e. The minimum Gasteiger partial charge on any atom is -0.393 e. The third kappa shape index (κ3) is 14.9. The molecule has 70 heteroatoms. The fourth-order valence-electron chi connectivity index (χ4n) is 9.41. The molecule has 124 heavy (non-hydrogen) atoms. The van der Waals surface area contributed by atoms with Crippen LogP contribution in [0.15, 0.2) is 72.8 Å². The Bertz CT molecular complexity index is 4550. The van der Waals surface area contributed by atoms with Gasteiger partial charge in [-0.3, -0.25) is 9.80 Å². The molecule has 0 N–H and O–H groups in total. The third-order valence-electron chi connectivity index (χ3n) is 15.8. The van der Waals surface area contributed by atoms with Gasteiger partial charge in [-0.2, -0.15) is 275 Å². The van der Waals surface area contributed by atoms with Crippen molar-refractivity contribution in [3.63, 3.8) is 0 Å². The Balaban J connectivity index is 1.74. The molecule has 0 spiro atoms. The molecule has 2 aromatic heterocycles. The molecular formula is C54H12F58N8O4. The van der Waals surface area contributed by atoms with Gasteiger partial charge in [0.25, 0.3) is 0 Å². The molecule has 0 amide bonds. The van der Waals surface area contributed by atoms with Crippen LogP contribution in [0.3, 0.4) is 0 Å². The lowest BCUT2D eigenvalue weighted by Crippen LogP contribution is -2.71. The number of rotatable bonds is 27. The molecule has 0 radical (unpaired) electrons. The number of halogens is 58. The van der Waals surface area contributed by atoms with Crippen LogP contribution in [0, 0.1) is 0 Å². The average molecular weight is 1940 g/mol. The second-order valence-electron chi connectivity index (χ2n) is 23.8. The Morgan fingerprint density at radius 2 is 0.427 bits per heavy atom. The van der Waals surface area contributed by atoms with E-state index in [0.29, 0.717) is 0 Å². The van der Waals surface area contributed by atoms with Gasteiger partial charge in [0, 0.05) is 5.39 Å². The van der Waals surface area contributed by atoms with E-state index in [1.165, 1.54) is 0 Å². The summed E-state index contributed by atoms with van der Waals surface area (Å²) in [6.07, 6.45) is -80.5. The molecule has 6 aromatic rings. The topological polar surface area (TPSA) is 121 Å². The van der Waals surface area contributed by atoms with Gasteiger partial charge in [-0.05, 0) is 59.0 Å².